The Hall–Kier alpha value is -1.75. The first-order valence-corrected chi connectivity index (χ1v) is 6.73. The van der Waals surface area contributed by atoms with E-state index < -0.39 is 0 Å². The number of hydrogen-bond donors (Lipinski definition) is 2. The van der Waals surface area contributed by atoms with Gasteiger partial charge in [0.1, 0.15) is 5.52 Å². The fraction of sp³-hybridized carbons (Fsp3) is 0.500. The summed E-state index contributed by atoms with van der Waals surface area (Å²) in [5.41, 5.74) is 7.99. The lowest BCUT2D eigenvalue weighted by Crippen LogP contribution is -2.31. The summed E-state index contributed by atoms with van der Waals surface area (Å²) in [5, 5.41) is 3.35. The highest BCUT2D eigenvalue weighted by Crippen LogP contribution is 2.25. The summed E-state index contributed by atoms with van der Waals surface area (Å²) in [6.07, 6.45) is 2.17. The highest BCUT2D eigenvalue weighted by atomic mass is 16.5. The fourth-order valence-electron chi connectivity index (χ4n) is 2.53. The van der Waals surface area contributed by atoms with Crippen LogP contribution in [0.25, 0.3) is 11.1 Å². The predicted octanol–water partition coefficient (Wildman–Crippen LogP) is 2.64. The van der Waals surface area contributed by atoms with E-state index in [1.54, 1.807) is 0 Å². The highest BCUT2D eigenvalue weighted by molar-refractivity contribution is 5.78. The van der Waals surface area contributed by atoms with Crippen LogP contribution in [0.2, 0.25) is 0 Å². The van der Waals surface area contributed by atoms with E-state index in [-0.39, 0.29) is 0 Å². The lowest BCUT2D eigenvalue weighted by atomic mass is 9.93. The second kappa shape index (κ2) is 5.09. The quantitative estimate of drug-likeness (QED) is 0.831. The molecule has 0 radical (unpaired) electrons. The van der Waals surface area contributed by atoms with Gasteiger partial charge < -0.3 is 20.2 Å². The van der Waals surface area contributed by atoms with E-state index in [0.29, 0.717) is 23.7 Å². The molecule has 1 unspecified atom stereocenters. The highest BCUT2D eigenvalue weighted by Gasteiger charge is 2.21. The van der Waals surface area contributed by atoms with Crippen molar-refractivity contribution in [1.82, 2.24) is 4.98 Å². The Morgan fingerprint density at radius 1 is 1.37 bits per heavy atom. The molecule has 3 rings (SSSR count). The zero-order valence-electron chi connectivity index (χ0n) is 11.1. The van der Waals surface area contributed by atoms with Gasteiger partial charge >= 0.3 is 0 Å². The Balaban J connectivity index is 1.73. The van der Waals surface area contributed by atoms with Crippen molar-refractivity contribution in [3.8, 4) is 0 Å². The normalized spacial score (nSPS) is 18.6. The smallest absolute Gasteiger partial charge is 0.295 e. The van der Waals surface area contributed by atoms with E-state index in [1.165, 1.54) is 0 Å². The van der Waals surface area contributed by atoms with E-state index in [0.717, 1.165) is 37.2 Å². The van der Waals surface area contributed by atoms with Crippen molar-refractivity contribution in [2.75, 3.05) is 24.3 Å². The van der Waals surface area contributed by atoms with Crippen LogP contribution in [0.4, 0.5) is 11.7 Å². The zero-order valence-corrected chi connectivity index (χ0v) is 11.1. The van der Waals surface area contributed by atoms with Gasteiger partial charge in [0, 0.05) is 24.9 Å². The fourth-order valence-corrected chi connectivity index (χ4v) is 2.53. The average molecular weight is 261 g/mol. The van der Waals surface area contributed by atoms with E-state index in [9.17, 15) is 0 Å². The first kappa shape index (κ1) is 12.3. The molecule has 19 heavy (non-hydrogen) atoms. The summed E-state index contributed by atoms with van der Waals surface area (Å²) in [5.74, 6) is 0.605. The maximum atomic E-state index is 5.74. The molecule has 1 aliphatic rings. The number of oxazole rings is 1. The summed E-state index contributed by atoms with van der Waals surface area (Å²) in [7, 11) is 0. The third kappa shape index (κ3) is 2.66. The SMILES string of the molecule is CC(Nc1nc2cc(N)ccc2o1)C1CCOCC1. The molecule has 1 fully saturated rings. The van der Waals surface area contributed by atoms with E-state index in [2.05, 4.69) is 17.2 Å². The third-order valence-corrected chi connectivity index (χ3v) is 3.74. The summed E-state index contributed by atoms with van der Waals surface area (Å²) in [6.45, 7) is 3.86. The number of nitrogens with one attached hydrogen (secondary N) is 1. The minimum absolute atomic E-state index is 0.328. The van der Waals surface area contributed by atoms with Crippen LogP contribution in [0, 0.1) is 5.92 Å². The van der Waals surface area contributed by atoms with Crippen LogP contribution in [0.1, 0.15) is 19.8 Å². The van der Waals surface area contributed by atoms with Crippen LogP contribution in [0.3, 0.4) is 0 Å². The van der Waals surface area contributed by atoms with Crippen LogP contribution < -0.4 is 11.1 Å². The van der Waals surface area contributed by atoms with Crippen molar-refractivity contribution < 1.29 is 9.15 Å². The molecule has 2 aromatic rings. The molecule has 0 aliphatic carbocycles. The van der Waals surface area contributed by atoms with Crippen molar-refractivity contribution in [2.45, 2.75) is 25.8 Å². The average Bonchev–Trinajstić information content (AvgIpc) is 2.81. The topological polar surface area (TPSA) is 73.3 Å². The van der Waals surface area contributed by atoms with Gasteiger partial charge in [0.25, 0.3) is 6.01 Å². The number of ether oxygens (including phenoxy) is 1. The van der Waals surface area contributed by atoms with Gasteiger partial charge in [-0.3, -0.25) is 0 Å². The standard InChI is InChI=1S/C14H19N3O2/c1-9(10-4-6-18-7-5-10)16-14-17-12-8-11(15)2-3-13(12)19-14/h2-3,8-10H,4-7,15H2,1H3,(H,16,17). The number of aromatic nitrogens is 1. The maximum Gasteiger partial charge on any atom is 0.295 e. The minimum Gasteiger partial charge on any atom is -0.424 e. The molecule has 1 atom stereocenters. The number of anilines is 2. The number of nitrogen functional groups attached to an aromatic ring is 1. The molecular weight excluding hydrogens is 242 g/mol. The van der Waals surface area contributed by atoms with Crippen molar-refractivity contribution >= 4 is 22.8 Å². The Morgan fingerprint density at radius 3 is 2.95 bits per heavy atom. The summed E-state index contributed by atoms with van der Waals surface area (Å²) < 4.78 is 11.1. The van der Waals surface area contributed by atoms with Gasteiger partial charge in [-0.2, -0.15) is 4.98 Å². The Kier molecular flexibility index (Phi) is 3.29. The molecule has 0 amide bonds. The first-order valence-electron chi connectivity index (χ1n) is 6.73. The molecule has 0 saturated carbocycles. The Bertz CT molecular complexity index is 561. The third-order valence-electron chi connectivity index (χ3n) is 3.74. The minimum atomic E-state index is 0.328. The first-order chi connectivity index (χ1) is 9.22. The molecule has 0 bridgehead atoms. The summed E-state index contributed by atoms with van der Waals surface area (Å²) in [4.78, 5) is 4.42. The maximum absolute atomic E-state index is 5.74. The molecule has 1 saturated heterocycles. The van der Waals surface area contributed by atoms with Crippen molar-refractivity contribution in [1.29, 1.82) is 0 Å². The van der Waals surface area contributed by atoms with Gasteiger partial charge in [0.2, 0.25) is 0 Å². The van der Waals surface area contributed by atoms with E-state index in [4.69, 9.17) is 14.9 Å². The lowest BCUT2D eigenvalue weighted by molar-refractivity contribution is 0.0620. The number of hydrogen-bond acceptors (Lipinski definition) is 5. The van der Waals surface area contributed by atoms with Gasteiger partial charge in [-0.15, -0.1) is 0 Å². The second-order valence-electron chi connectivity index (χ2n) is 5.13. The largest absolute Gasteiger partial charge is 0.424 e. The van der Waals surface area contributed by atoms with Gasteiger partial charge in [0.15, 0.2) is 5.58 Å². The van der Waals surface area contributed by atoms with Gasteiger partial charge in [-0.1, -0.05) is 0 Å². The second-order valence-corrected chi connectivity index (χ2v) is 5.13. The van der Waals surface area contributed by atoms with Crippen molar-refractivity contribution in [2.24, 2.45) is 5.92 Å². The molecule has 102 valence electrons. The molecule has 5 heteroatoms. The predicted molar refractivity (Wildman–Crippen MR) is 75.0 cm³/mol. The van der Waals surface area contributed by atoms with Crippen molar-refractivity contribution in [3.63, 3.8) is 0 Å². The monoisotopic (exact) mass is 261 g/mol. The van der Waals surface area contributed by atoms with Crippen LogP contribution >= 0.6 is 0 Å². The molecule has 3 N–H and O–H groups in total. The number of nitrogens with zero attached hydrogens (tertiary/aromatic N) is 1. The van der Waals surface area contributed by atoms with Gasteiger partial charge in [0.05, 0.1) is 0 Å². The number of benzene rings is 1. The number of rotatable bonds is 3. The molecule has 0 spiro atoms. The molecule has 2 heterocycles. The Labute approximate surface area is 112 Å². The summed E-state index contributed by atoms with van der Waals surface area (Å²) in [6, 6.07) is 6.39. The van der Waals surface area contributed by atoms with Crippen LogP contribution in [0.5, 0.6) is 0 Å². The molecule has 1 aromatic heterocycles. The Morgan fingerprint density at radius 2 is 2.16 bits per heavy atom. The molecule has 5 nitrogen and oxygen atoms in total. The number of nitrogens with two attached hydrogens (primary N) is 1. The van der Waals surface area contributed by atoms with Gasteiger partial charge in [-0.05, 0) is 43.9 Å². The van der Waals surface area contributed by atoms with Crippen LogP contribution in [-0.4, -0.2) is 24.2 Å². The van der Waals surface area contributed by atoms with Crippen molar-refractivity contribution in [3.05, 3.63) is 18.2 Å². The molecular formula is C14H19N3O2. The van der Waals surface area contributed by atoms with E-state index >= 15 is 0 Å². The van der Waals surface area contributed by atoms with E-state index in [1.807, 2.05) is 18.2 Å². The molecule has 1 aromatic carbocycles. The van der Waals surface area contributed by atoms with Crippen LogP contribution in [-0.2, 0) is 4.74 Å². The zero-order chi connectivity index (χ0) is 13.2. The molecule has 1 aliphatic heterocycles. The lowest BCUT2D eigenvalue weighted by Gasteiger charge is -2.27. The van der Waals surface area contributed by atoms with Gasteiger partial charge in [-0.25, -0.2) is 0 Å². The number of fused-ring (bicyclic) bond motifs is 1. The van der Waals surface area contributed by atoms with Crippen LogP contribution in [0.15, 0.2) is 22.6 Å². The summed E-state index contributed by atoms with van der Waals surface area (Å²) >= 11 is 0.